The minimum atomic E-state index is -0.935. The SMILES string of the molecule is C=C(C)C(=O)O.O=C(O)C1CCC2OC2C1. The average Bonchev–Trinajstić information content (AvgIpc) is 2.95. The van der Waals surface area contributed by atoms with E-state index in [-0.39, 0.29) is 17.6 Å². The monoisotopic (exact) mass is 228 g/mol. The van der Waals surface area contributed by atoms with Crippen molar-refractivity contribution < 1.29 is 24.5 Å². The van der Waals surface area contributed by atoms with Crippen molar-refractivity contribution in [3.63, 3.8) is 0 Å². The van der Waals surface area contributed by atoms with Gasteiger partial charge >= 0.3 is 11.9 Å². The van der Waals surface area contributed by atoms with Crippen LogP contribution in [-0.2, 0) is 14.3 Å². The van der Waals surface area contributed by atoms with E-state index in [4.69, 9.17) is 14.9 Å². The summed E-state index contributed by atoms with van der Waals surface area (Å²) in [6.45, 7) is 4.60. The maximum atomic E-state index is 10.5. The summed E-state index contributed by atoms with van der Waals surface area (Å²) in [6.07, 6.45) is 3.18. The minimum absolute atomic E-state index is 0.135. The molecule has 0 spiro atoms. The van der Waals surface area contributed by atoms with E-state index in [9.17, 15) is 9.59 Å². The highest BCUT2D eigenvalue weighted by molar-refractivity contribution is 5.84. The van der Waals surface area contributed by atoms with Crippen LogP contribution in [0.4, 0.5) is 0 Å². The van der Waals surface area contributed by atoms with E-state index in [2.05, 4.69) is 6.58 Å². The molecule has 2 fully saturated rings. The summed E-state index contributed by atoms with van der Waals surface area (Å²) in [7, 11) is 0. The predicted molar refractivity (Wildman–Crippen MR) is 56.1 cm³/mol. The molecule has 0 radical (unpaired) electrons. The van der Waals surface area contributed by atoms with Crippen molar-refractivity contribution in [3.8, 4) is 0 Å². The van der Waals surface area contributed by atoms with Gasteiger partial charge in [-0.2, -0.15) is 0 Å². The van der Waals surface area contributed by atoms with Gasteiger partial charge in [0.15, 0.2) is 0 Å². The largest absolute Gasteiger partial charge is 0.481 e. The van der Waals surface area contributed by atoms with Crippen LogP contribution < -0.4 is 0 Å². The van der Waals surface area contributed by atoms with Crippen LogP contribution in [-0.4, -0.2) is 34.4 Å². The van der Waals surface area contributed by atoms with Crippen LogP contribution in [0.2, 0.25) is 0 Å². The maximum Gasteiger partial charge on any atom is 0.330 e. The Labute approximate surface area is 93.7 Å². The zero-order valence-corrected chi connectivity index (χ0v) is 9.18. The highest BCUT2D eigenvalue weighted by Gasteiger charge is 2.45. The quantitative estimate of drug-likeness (QED) is 0.549. The number of carboxylic acids is 2. The van der Waals surface area contributed by atoms with E-state index in [0.717, 1.165) is 19.3 Å². The van der Waals surface area contributed by atoms with Crippen LogP contribution >= 0.6 is 0 Å². The molecule has 90 valence electrons. The molecule has 0 amide bonds. The predicted octanol–water partition coefficient (Wildman–Crippen LogP) is 1.29. The van der Waals surface area contributed by atoms with Crippen LogP contribution in [0.1, 0.15) is 26.2 Å². The Morgan fingerprint density at radius 3 is 2.19 bits per heavy atom. The molecule has 1 aliphatic heterocycles. The van der Waals surface area contributed by atoms with E-state index in [0.29, 0.717) is 6.10 Å². The molecule has 3 atom stereocenters. The summed E-state index contributed by atoms with van der Waals surface area (Å²) in [4.78, 5) is 20.1. The molecule has 1 saturated heterocycles. The fourth-order valence-electron chi connectivity index (χ4n) is 1.63. The van der Waals surface area contributed by atoms with Gasteiger partial charge in [-0.1, -0.05) is 6.58 Å². The lowest BCUT2D eigenvalue weighted by Gasteiger charge is -2.12. The van der Waals surface area contributed by atoms with Crippen LogP contribution in [0.15, 0.2) is 12.2 Å². The van der Waals surface area contributed by atoms with Crippen molar-refractivity contribution in [1.82, 2.24) is 0 Å². The van der Waals surface area contributed by atoms with Crippen LogP contribution in [0.3, 0.4) is 0 Å². The summed E-state index contributed by atoms with van der Waals surface area (Å²) >= 11 is 0. The Balaban J connectivity index is 0.000000187. The number of ether oxygens (including phenoxy) is 1. The van der Waals surface area contributed by atoms with Crippen molar-refractivity contribution in [2.24, 2.45) is 5.92 Å². The number of hydrogen-bond donors (Lipinski definition) is 2. The van der Waals surface area contributed by atoms with Crippen molar-refractivity contribution in [3.05, 3.63) is 12.2 Å². The molecule has 2 rings (SSSR count). The van der Waals surface area contributed by atoms with E-state index in [1.807, 2.05) is 0 Å². The van der Waals surface area contributed by atoms with Crippen molar-refractivity contribution in [1.29, 1.82) is 0 Å². The van der Waals surface area contributed by atoms with Gasteiger partial charge in [-0.25, -0.2) is 4.79 Å². The van der Waals surface area contributed by atoms with Gasteiger partial charge in [0.25, 0.3) is 0 Å². The summed E-state index contributed by atoms with van der Waals surface area (Å²) in [5, 5.41) is 16.5. The Bertz CT molecular complexity index is 297. The van der Waals surface area contributed by atoms with Gasteiger partial charge < -0.3 is 14.9 Å². The first-order valence-corrected chi connectivity index (χ1v) is 5.19. The third-order valence-corrected chi connectivity index (χ3v) is 2.72. The molecular formula is C11H16O5. The summed E-state index contributed by atoms with van der Waals surface area (Å²) < 4.78 is 5.19. The van der Waals surface area contributed by atoms with Crippen molar-refractivity contribution >= 4 is 11.9 Å². The van der Waals surface area contributed by atoms with Crippen molar-refractivity contribution in [2.75, 3.05) is 0 Å². The molecule has 1 saturated carbocycles. The molecule has 2 aliphatic rings. The van der Waals surface area contributed by atoms with Crippen LogP contribution in [0.5, 0.6) is 0 Å². The van der Waals surface area contributed by atoms with Gasteiger partial charge in [0.05, 0.1) is 18.1 Å². The van der Waals surface area contributed by atoms with Gasteiger partial charge in [-0.15, -0.1) is 0 Å². The van der Waals surface area contributed by atoms with Crippen LogP contribution in [0.25, 0.3) is 0 Å². The number of rotatable bonds is 2. The second kappa shape index (κ2) is 5.12. The zero-order valence-electron chi connectivity index (χ0n) is 9.18. The lowest BCUT2D eigenvalue weighted by atomic mass is 9.90. The molecule has 16 heavy (non-hydrogen) atoms. The van der Waals surface area contributed by atoms with E-state index >= 15 is 0 Å². The Kier molecular flexibility index (Phi) is 4.06. The van der Waals surface area contributed by atoms with E-state index < -0.39 is 11.9 Å². The minimum Gasteiger partial charge on any atom is -0.481 e. The van der Waals surface area contributed by atoms with Gasteiger partial charge in [0.2, 0.25) is 0 Å². The zero-order chi connectivity index (χ0) is 12.3. The Hall–Kier alpha value is -1.36. The highest BCUT2D eigenvalue weighted by Crippen LogP contribution is 2.39. The fourth-order valence-corrected chi connectivity index (χ4v) is 1.63. The third-order valence-electron chi connectivity index (χ3n) is 2.72. The molecule has 5 nitrogen and oxygen atoms in total. The van der Waals surface area contributed by atoms with Crippen LogP contribution in [0, 0.1) is 5.92 Å². The molecule has 5 heteroatoms. The highest BCUT2D eigenvalue weighted by atomic mass is 16.6. The van der Waals surface area contributed by atoms with Gasteiger partial charge in [-0.3, -0.25) is 4.79 Å². The first kappa shape index (κ1) is 12.7. The van der Waals surface area contributed by atoms with Crippen molar-refractivity contribution in [2.45, 2.75) is 38.4 Å². The summed E-state index contributed by atoms with van der Waals surface area (Å²) in [6, 6.07) is 0. The molecule has 2 N–H and O–H groups in total. The summed E-state index contributed by atoms with van der Waals surface area (Å²) in [5.41, 5.74) is 0.176. The molecule has 0 bridgehead atoms. The molecule has 1 heterocycles. The van der Waals surface area contributed by atoms with Gasteiger partial charge in [-0.05, 0) is 26.2 Å². The number of carboxylic acid groups (broad SMARTS) is 2. The normalized spacial score (nSPS) is 30.4. The molecule has 1 aliphatic carbocycles. The van der Waals surface area contributed by atoms with E-state index in [1.54, 1.807) is 0 Å². The Morgan fingerprint density at radius 2 is 1.81 bits per heavy atom. The lowest BCUT2D eigenvalue weighted by molar-refractivity contribution is -0.142. The molecule has 0 aromatic carbocycles. The number of aliphatic carboxylic acids is 2. The molecular weight excluding hydrogens is 212 g/mol. The first-order valence-electron chi connectivity index (χ1n) is 5.19. The average molecular weight is 228 g/mol. The number of epoxide rings is 1. The van der Waals surface area contributed by atoms with E-state index in [1.165, 1.54) is 6.92 Å². The number of fused-ring (bicyclic) bond motifs is 1. The smallest absolute Gasteiger partial charge is 0.330 e. The second-order valence-electron chi connectivity index (χ2n) is 4.15. The van der Waals surface area contributed by atoms with Gasteiger partial charge in [0, 0.05) is 5.57 Å². The molecule has 0 aromatic rings. The number of hydrogen-bond acceptors (Lipinski definition) is 3. The topological polar surface area (TPSA) is 87.1 Å². The van der Waals surface area contributed by atoms with Gasteiger partial charge in [0.1, 0.15) is 0 Å². The molecule has 0 aromatic heterocycles. The maximum absolute atomic E-state index is 10.5. The fraction of sp³-hybridized carbons (Fsp3) is 0.636. The number of carbonyl (C=O) groups is 2. The summed E-state index contributed by atoms with van der Waals surface area (Å²) in [5.74, 6) is -1.73. The Morgan fingerprint density at radius 1 is 1.25 bits per heavy atom. The standard InChI is InChI=1S/C7H10O3.C4H6O2/c8-7(9)4-1-2-5-6(3-4)10-5;1-3(2)4(5)6/h4-6H,1-3H2,(H,8,9);1H2,2H3,(H,5,6). The second-order valence-corrected chi connectivity index (χ2v) is 4.15. The first-order chi connectivity index (χ1) is 7.41. The molecule has 3 unspecified atom stereocenters. The lowest BCUT2D eigenvalue weighted by Crippen LogP contribution is -2.21. The third kappa shape index (κ3) is 3.66.